The molecule has 2 N–H and O–H groups in total. The normalized spacial score (nSPS) is 11.6. The lowest BCUT2D eigenvalue weighted by Gasteiger charge is -2.06. The highest BCUT2D eigenvalue weighted by Gasteiger charge is 2.37. The van der Waals surface area contributed by atoms with Crippen molar-refractivity contribution in [3.05, 3.63) is 28.5 Å². The topological polar surface area (TPSA) is 79.9 Å². The van der Waals surface area contributed by atoms with Gasteiger partial charge in [0.2, 0.25) is 0 Å². The first-order valence-electron chi connectivity index (χ1n) is 5.27. The van der Waals surface area contributed by atoms with Crippen molar-refractivity contribution in [2.45, 2.75) is 12.8 Å². The third kappa shape index (κ3) is 3.14. The second-order valence-corrected chi connectivity index (χ2v) is 4.79. The van der Waals surface area contributed by atoms with E-state index in [1.54, 1.807) is 0 Å². The fourth-order valence-corrected chi connectivity index (χ4v) is 2.19. The van der Waals surface area contributed by atoms with Crippen LogP contribution in [0, 0.1) is 0 Å². The number of anilines is 1. The SMILES string of the molecule is COCc1cnc(NC(=O)c2[nH]ncc2C(F)(F)F)s1. The Morgan fingerprint density at radius 2 is 2.25 bits per heavy atom. The van der Waals surface area contributed by atoms with Crippen LogP contribution in [0.5, 0.6) is 0 Å². The van der Waals surface area contributed by atoms with Gasteiger partial charge in [-0.3, -0.25) is 15.2 Å². The summed E-state index contributed by atoms with van der Waals surface area (Å²) >= 11 is 1.11. The van der Waals surface area contributed by atoms with E-state index in [4.69, 9.17) is 4.74 Å². The molecule has 0 bridgehead atoms. The number of halogens is 3. The van der Waals surface area contributed by atoms with Gasteiger partial charge in [0.05, 0.1) is 17.7 Å². The molecule has 2 aromatic rings. The smallest absolute Gasteiger partial charge is 0.379 e. The van der Waals surface area contributed by atoms with E-state index in [-0.39, 0.29) is 5.13 Å². The number of nitrogens with one attached hydrogen (secondary N) is 2. The minimum atomic E-state index is -4.65. The molecule has 0 saturated heterocycles. The number of alkyl halides is 3. The Morgan fingerprint density at radius 3 is 2.90 bits per heavy atom. The van der Waals surface area contributed by atoms with Gasteiger partial charge in [0.1, 0.15) is 11.3 Å². The van der Waals surface area contributed by atoms with E-state index in [1.165, 1.54) is 13.3 Å². The Labute approximate surface area is 115 Å². The summed E-state index contributed by atoms with van der Waals surface area (Å²) in [7, 11) is 1.50. The van der Waals surface area contributed by atoms with Gasteiger partial charge in [0, 0.05) is 13.3 Å². The fraction of sp³-hybridized carbons (Fsp3) is 0.300. The van der Waals surface area contributed by atoms with Crippen LogP contribution in [-0.4, -0.2) is 28.2 Å². The quantitative estimate of drug-likeness (QED) is 0.908. The van der Waals surface area contributed by atoms with Gasteiger partial charge in [-0.25, -0.2) is 4.98 Å². The Balaban J connectivity index is 2.14. The lowest BCUT2D eigenvalue weighted by molar-refractivity contribution is -0.137. The molecule has 20 heavy (non-hydrogen) atoms. The van der Waals surface area contributed by atoms with E-state index in [2.05, 4.69) is 15.4 Å². The molecule has 0 fully saturated rings. The van der Waals surface area contributed by atoms with E-state index < -0.39 is 23.3 Å². The van der Waals surface area contributed by atoms with Gasteiger partial charge in [0.25, 0.3) is 5.91 Å². The number of methoxy groups -OCH3 is 1. The molecule has 0 radical (unpaired) electrons. The van der Waals surface area contributed by atoms with Crippen LogP contribution in [0.2, 0.25) is 0 Å². The summed E-state index contributed by atoms with van der Waals surface area (Å²) in [5.74, 6) is -0.951. The predicted octanol–water partition coefficient (Wildman–Crippen LogP) is 2.28. The first kappa shape index (κ1) is 14.5. The minimum Gasteiger partial charge on any atom is -0.379 e. The number of aromatic amines is 1. The van der Waals surface area contributed by atoms with E-state index in [9.17, 15) is 18.0 Å². The van der Waals surface area contributed by atoms with Crippen molar-refractivity contribution in [1.29, 1.82) is 0 Å². The molecule has 2 rings (SSSR count). The molecular formula is C10H9F3N4O2S. The molecule has 0 unspecified atom stereocenters. The van der Waals surface area contributed by atoms with Crippen molar-refractivity contribution in [2.75, 3.05) is 12.4 Å². The highest BCUT2D eigenvalue weighted by atomic mass is 32.1. The zero-order valence-electron chi connectivity index (χ0n) is 10.1. The monoisotopic (exact) mass is 306 g/mol. The number of thiazole rings is 1. The molecule has 6 nitrogen and oxygen atoms in total. The summed E-state index contributed by atoms with van der Waals surface area (Å²) in [5.41, 5.74) is -1.77. The third-order valence-corrected chi connectivity index (χ3v) is 3.12. The van der Waals surface area contributed by atoms with Crippen molar-refractivity contribution in [3.63, 3.8) is 0 Å². The van der Waals surface area contributed by atoms with E-state index in [0.29, 0.717) is 12.8 Å². The number of carbonyl (C=O) groups excluding carboxylic acids is 1. The summed E-state index contributed by atoms with van der Waals surface area (Å²) in [6.07, 6.45) is -2.61. The van der Waals surface area contributed by atoms with Crippen LogP contribution in [-0.2, 0) is 17.5 Å². The van der Waals surface area contributed by atoms with Crippen LogP contribution in [0.1, 0.15) is 20.9 Å². The van der Waals surface area contributed by atoms with Crippen molar-refractivity contribution in [2.24, 2.45) is 0 Å². The summed E-state index contributed by atoms with van der Waals surface area (Å²) in [6.45, 7) is 0.311. The minimum absolute atomic E-state index is 0.185. The zero-order valence-corrected chi connectivity index (χ0v) is 10.9. The van der Waals surface area contributed by atoms with Crippen LogP contribution < -0.4 is 5.32 Å². The largest absolute Gasteiger partial charge is 0.420 e. The molecule has 0 aliphatic rings. The van der Waals surface area contributed by atoms with Crippen molar-refractivity contribution < 1.29 is 22.7 Å². The molecule has 1 amide bonds. The Morgan fingerprint density at radius 1 is 1.50 bits per heavy atom. The molecule has 0 aliphatic heterocycles. The van der Waals surface area contributed by atoms with Crippen molar-refractivity contribution >= 4 is 22.4 Å². The number of amides is 1. The predicted molar refractivity (Wildman–Crippen MR) is 64.4 cm³/mol. The highest BCUT2D eigenvalue weighted by molar-refractivity contribution is 7.15. The molecule has 0 saturated carbocycles. The molecule has 0 atom stereocenters. The number of carbonyl (C=O) groups is 1. The molecular weight excluding hydrogens is 297 g/mol. The van der Waals surface area contributed by atoms with Gasteiger partial charge < -0.3 is 4.74 Å². The summed E-state index contributed by atoms with van der Waals surface area (Å²) < 4.78 is 42.7. The van der Waals surface area contributed by atoms with Crippen LogP contribution in [0.25, 0.3) is 0 Å². The fourth-order valence-electron chi connectivity index (χ4n) is 1.41. The third-order valence-electron chi connectivity index (χ3n) is 2.23. The average molecular weight is 306 g/mol. The molecule has 10 heteroatoms. The van der Waals surface area contributed by atoms with Crippen LogP contribution in [0.15, 0.2) is 12.4 Å². The number of rotatable bonds is 4. The average Bonchev–Trinajstić information content (AvgIpc) is 2.97. The second-order valence-electron chi connectivity index (χ2n) is 3.68. The standard InChI is InChI=1S/C10H9F3N4O2S/c1-19-4-5-2-14-9(20-5)16-8(18)7-6(3-15-17-7)10(11,12)13/h2-3H,4H2,1H3,(H,15,17)(H,14,16,18). The first-order valence-corrected chi connectivity index (χ1v) is 6.09. The lowest BCUT2D eigenvalue weighted by atomic mass is 10.2. The number of aromatic nitrogens is 3. The zero-order chi connectivity index (χ0) is 14.8. The maximum absolute atomic E-state index is 12.6. The van der Waals surface area contributed by atoms with Crippen molar-refractivity contribution in [1.82, 2.24) is 15.2 Å². The van der Waals surface area contributed by atoms with Crippen LogP contribution >= 0.6 is 11.3 Å². The van der Waals surface area contributed by atoms with E-state index in [0.717, 1.165) is 16.2 Å². The first-order chi connectivity index (χ1) is 9.41. The summed E-state index contributed by atoms with van der Waals surface area (Å²) in [4.78, 5) is 16.4. The van der Waals surface area contributed by atoms with Crippen LogP contribution in [0.4, 0.5) is 18.3 Å². The Hall–Kier alpha value is -1.94. The van der Waals surface area contributed by atoms with Gasteiger partial charge in [-0.1, -0.05) is 11.3 Å². The van der Waals surface area contributed by atoms with Gasteiger partial charge in [-0.05, 0) is 0 Å². The number of ether oxygens (including phenoxy) is 1. The second kappa shape index (κ2) is 5.59. The van der Waals surface area contributed by atoms with Gasteiger partial charge in [-0.2, -0.15) is 18.3 Å². The maximum atomic E-state index is 12.6. The van der Waals surface area contributed by atoms with Crippen molar-refractivity contribution in [3.8, 4) is 0 Å². The van der Waals surface area contributed by atoms with Gasteiger partial charge in [0.15, 0.2) is 5.13 Å². The molecule has 2 aromatic heterocycles. The number of H-pyrrole nitrogens is 1. The molecule has 108 valence electrons. The number of hydrogen-bond donors (Lipinski definition) is 2. The summed E-state index contributed by atoms with van der Waals surface area (Å²) in [5, 5.41) is 7.74. The molecule has 0 aromatic carbocycles. The summed E-state index contributed by atoms with van der Waals surface area (Å²) in [6, 6.07) is 0. The Kier molecular flexibility index (Phi) is 4.04. The van der Waals surface area contributed by atoms with E-state index in [1.807, 2.05) is 5.10 Å². The van der Waals surface area contributed by atoms with Gasteiger partial charge in [-0.15, -0.1) is 0 Å². The van der Waals surface area contributed by atoms with Crippen LogP contribution in [0.3, 0.4) is 0 Å². The Bertz CT molecular complexity index is 608. The molecule has 2 heterocycles. The molecule has 0 aliphatic carbocycles. The highest BCUT2D eigenvalue weighted by Crippen LogP contribution is 2.31. The number of hydrogen-bond acceptors (Lipinski definition) is 5. The number of nitrogens with zero attached hydrogens (tertiary/aromatic N) is 2. The lowest BCUT2D eigenvalue weighted by Crippen LogP contribution is -2.18. The maximum Gasteiger partial charge on any atom is 0.420 e. The van der Waals surface area contributed by atoms with Gasteiger partial charge >= 0.3 is 6.18 Å². The molecule has 0 spiro atoms. The van der Waals surface area contributed by atoms with E-state index >= 15 is 0 Å².